The maximum absolute atomic E-state index is 13.9. The van der Waals surface area contributed by atoms with Crippen LogP contribution in [-0.2, 0) is 6.18 Å². The van der Waals surface area contributed by atoms with Crippen molar-refractivity contribution in [2.24, 2.45) is 17.1 Å². The first-order valence-electron chi connectivity index (χ1n) is 10.7. The minimum Gasteiger partial charge on any atom is -0.400 e. The smallest absolute Gasteiger partial charge is 0.400 e. The molecule has 2 atom stereocenters. The van der Waals surface area contributed by atoms with E-state index in [1.807, 2.05) is 6.08 Å². The Bertz CT molecular complexity index is 1260. The number of halogens is 3. The normalized spacial score (nSPS) is 23.8. The Labute approximate surface area is 188 Å². The second-order valence-corrected chi connectivity index (χ2v) is 8.71. The molecule has 0 saturated heterocycles. The highest BCUT2D eigenvalue weighted by Gasteiger charge is 2.64. The average molecular weight is 448 g/mol. The molecule has 7 heteroatoms. The molecule has 0 aliphatic heterocycles. The van der Waals surface area contributed by atoms with Gasteiger partial charge in [0.25, 0.3) is 0 Å². The van der Waals surface area contributed by atoms with Gasteiger partial charge in [0.2, 0.25) is 0 Å². The molecule has 0 bridgehead atoms. The number of alkyl halides is 3. The average Bonchev–Trinajstić information content (AvgIpc) is 3.03. The van der Waals surface area contributed by atoms with E-state index in [2.05, 4.69) is 6.07 Å². The highest BCUT2D eigenvalue weighted by molar-refractivity contribution is 6.32. The largest absolute Gasteiger partial charge is 0.416 e. The fraction of sp³-hybridized carbons (Fsp3) is 0.269. The first-order valence-corrected chi connectivity index (χ1v) is 10.7. The summed E-state index contributed by atoms with van der Waals surface area (Å²) in [6.45, 7) is 0. The second-order valence-electron chi connectivity index (χ2n) is 8.71. The van der Waals surface area contributed by atoms with Crippen molar-refractivity contribution in [1.82, 2.24) is 0 Å². The Morgan fingerprint density at radius 1 is 1.00 bits per heavy atom. The summed E-state index contributed by atoms with van der Waals surface area (Å²) in [5.74, 6) is -2.19. The number of carbonyl (C=O) groups is 2. The van der Waals surface area contributed by atoms with Crippen LogP contribution in [0.5, 0.6) is 0 Å². The van der Waals surface area contributed by atoms with Gasteiger partial charge < -0.3 is 5.73 Å². The van der Waals surface area contributed by atoms with Crippen molar-refractivity contribution >= 4 is 11.6 Å². The van der Waals surface area contributed by atoms with Gasteiger partial charge in [-0.2, -0.15) is 18.4 Å². The Kier molecular flexibility index (Phi) is 4.61. The molecule has 2 aromatic rings. The molecule has 0 amide bonds. The van der Waals surface area contributed by atoms with Crippen LogP contribution in [0.2, 0.25) is 0 Å². The molecule has 3 aliphatic carbocycles. The van der Waals surface area contributed by atoms with E-state index in [1.54, 1.807) is 24.3 Å². The summed E-state index contributed by atoms with van der Waals surface area (Å²) in [7, 11) is 0. The van der Waals surface area contributed by atoms with Crippen molar-refractivity contribution in [1.29, 1.82) is 5.26 Å². The highest BCUT2D eigenvalue weighted by atomic mass is 19.4. The summed E-state index contributed by atoms with van der Waals surface area (Å²) in [4.78, 5) is 27.8. The minimum absolute atomic E-state index is 0.106. The first kappa shape index (κ1) is 21.2. The van der Waals surface area contributed by atoms with Gasteiger partial charge in [-0.1, -0.05) is 42.5 Å². The molecule has 2 N–H and O–H groups in total. The van der Waals surface area contributed by atoms with Crippen LogP contribution in [0.25, 0.3) is 0 Å². The van der Waals surface area contributed by atoms with Crippen molar-refractivity contribution in [3.8, 4) is 6.07 Å². The molecule has 0 radical (unpaired) electrons. The maximum atomic E-state index is 13.9. The molecule has 4 nitrogen and oxygen atoms in total. The predicted molar refractivity (Wildman–Crippen MR) is 114 cm³/mol. The summed E-state index contributed by atoms with van der Waals surface area (Å²) < 4.78 is 39.6. The Morgan fingerprint density at radius 3 is 2.15 bits per heavy atom. The van der Waals surface area contributed by atoms with Gasteiger partial charge in [0.15, 0.2) is 11.6 Å². The number of rotatable bonds is 1. The van der Waals surface area contributed by atoms with E-state index in [9.17, 15) is 28.0 Å². The maximum Gasteiger partial charge on any atom is 0.416 e. The molecule has 1 spiro atoms. The van der Waals surface area contributed by atoms with E-state index in [0.29, 0.717) is 17.6 Å². The molecule has 0 fully saturated rings. The third kappa shape index (κ3) is 2.76. The number of carbonyl (C=O) groups excluding carboxylic acids is 2. The number of nitrogens with two attached hydrogens (primary N) is 1. The summed E-state index contributed by atoms with van der Waals surface area (Å²) in [6, 6.07) is 13.1. The zero-order valence-electron chi connectivity index (χ0n) is 17.4. The molecule has 166 valence electrons. The van der Waals surface area contributed by atoms with E-state index in [4.69, 9.17) is 5.73 Å². The number of allylic oxidation sites excluding steroid dienone is 4. The van der Waals surface area contributed by atoms with Crippen molar-refractivity contribution < 1.29 is 22.8 Å². The van der Waals surface area contributed by atoms with Crippen molar-refractivity contribution in [3.63, 3.8) is 0 Å². The first-order chi connectivity index (χ1) is 15.7. The van der Waals surface area contributed by atoms with Crippen LogP contribution in [-0.4, -0.2) is 11.6 Å². The minimum atomic E-state index is -4.51. The molecular formula is C26H19F3N2O2. The molecule has 2 unspecified atom stereocenters. The number of Topliss-reactive ketones (excluding diaryl/α,β-unsaturated/α-hetero) is 2. The lowest BCUT2D eigenvalue weighted by molar-refractivity contribution is -0.137. The van der Waals surface area contributed by atoms with E-state index >= 15 is 0 Å². The Morgan fingerprint density at radius 2 is 1.61 bits per heavy atom. The second kappa shape index (κ2) is 7.17. The zero-order chi connectivity index (χ0) is 23.5. The molecule has 33 heavy (non-hydrogen) atoms. The highest BCUT2D eigenvalue weighted by Crippen LogP contribution is 2.60. The number of hydrogen-bond donors (Lipinski definition) is 1. The monoisotopic (exact) mass is 448 g/mol. The number of benzene rings is 2. The fourth-order valence-electron chi connectivity index (χ4n) is 5.78. The van der Waals surface area contributed by atoms with E-state index in [0.717, 1.165) is 25.0 Å². The van der Waals surface area contributed by atoms with Crippen LogP contribution < -0.4 is 5.73 Å². The molecule has 0 saturated carbocycles. The van der Waals surface area contributed by atoms with Gasteiger partial charge in [-0.05, 0) is 48.4 Å². The predicted octanol–water partition coefficient (Wildman–Crippen LogP) is 5.33. The number of ketones is 2. The van der Waals surface area contributed by atoms with Crippen LogP contribution in [0.4, 0.5) is 13.2 Å². The lowest BCUT2D eigenvalue weighted by Crippen LogP contribution is -2.51. The molecule has 2 aromatic carbocycles. The van der Waals surface area contributed by atoms with Gasteiger partial charge in [0.1, 0.15) is 11.5 Å². The fourth-order valence-corrected chi connectivity index (χ4v) is 5.78. The van der Waals surface area contributed by atoms with Crippen LogP contribution in [0.15, 0.2) is 71.5 Å². The van der Waals surface area contributed by atoms with Crippen molar-refractivity contribution in [2.45, 2.75) is 31.4 Å². The molecule has 3 aliphatic rings. The number of hydrogen-bond acceptors (Lipinski definition) is 4. The third-order valence-electron chi connectivity index (χ3n) is 7.18. The SMILES string of the molecule is N#CC1=C(N)C2(C(=O)c3ccccc3C2=O)C(c2ccc(C(F)(F)F)cc2)C2CCCC=C12. The quantitative estimate of drug-likeness (QED) is 0.598. The van der Waals surface area contributed by atoms with E-state index in [-0.39, 0.29) is 28.3 Å². The van der Waals surface area contributed by atoms with Gasteiger partial charge >= 0.3 is 6.18 Å². The lowest BCUT2D eigenvalue weighted by atomic mass is 9.54. The standard InChI is InChI=1S/C26H19F3N2O2/c27-26(28,29)15-11-9-14(10-12-15)21-17-6-2-1-5-16(17)20(13-30)22(31)25(21)23(32)18-7-3-4-8-19(18)24(25)33/h3-5,7-12,17,21H,1-2,6,31H2. The summed E-state index contributed by atoms with van der Waals surface area (Å²) in [5, 5.41) is 9.94. The third-order valence-corrected chi connectivity index (χ3v) is 7.18. The lowest BCUT2D eigenvalue weighted by Gasteiger charge is -2.46. The Balaban J connectivity index is 1.81. The van der Waals surface area contributed by atoms with E-state index in [1.165, 1.54) is 12.1 Å². The van der Waals surface area contributed by atoms with Gasteiger partial charge in [0.05, 0.1) is 11.1 Å². The molecular weight excluding hydrogens is 429 g/mol. The van der Waals surface area contributed by atoms with Gasteiger partial charge in [-0.3, -0.25) is 9.59 Å². The van der Waals surface area contributed by atoms with Crippen LogP contribution in [0, 0.1) is 22.7 Å². The summed E-state index contributed by atoms with van der Waals surface area (Å²) >= 11 is 0. The van der Waals surface area contributed by atoms with Crippen molar-refractivity contribution in [2.75, 3.05) is 0 Å². The van der Waals surface area contributed by atoms with Crippen molar-refractivity contribution in [3.05, 3.63) is 93.7 Å². The van der Waals surface area contributed by atoms with Crippen LogP contribution in [0.3, 0.4) is 0 Å². The van der Waals surface area contributed by atoms with Gasteiger partial charge in [-0.25, -0.2) is 0 Å². The summed E-state index contributed by atoms with van der Waals surface area (Å²) in [6.07, 6.45) is -0.523. The Hall–Kier alpha value is -3.66. The van der Waals surface area contributed by atoms with Gasteiger partial charge in [-0.15, -0.1) is 0 Å². The number of nitriles is 1. The molecule has 0 aromatic heterocycles. The topological polar surface area (TPSA) is 83.9 Å². The zero-order valence-corrected chi connectivity index (χ0v) is 17.4. The van der Waals surface area contributed by atoms with Crippen LogP contribution in [0.1, 0.15) is 57.0 Å². The van der Waals surface area contributed by atoms with E-state index < -0.39 is 34.6 Å². The number of nitrogens with zero attached hydrogens (tertiary/aromatic N) is 1. The van der Waals surface area contributed by atoms with Crippen LogP contribution >= 0.6 is 0 Å². The number of fused-ring (bicyclic) bond motifs is 2. The molecule has 0 heterocycles. The molecule has 5 rings (SSSR count). The summed E-state index contributed by atoms with van der Waals surface area (Å²) in [5.41, 5.74) is 5.43. The van der Waals surface area contributed by atoms with Gasteiger partial charge in [0, 0.05) is 22.7 Å².